The largest absolute Gasteiger partial charge is 0.494 e. The Kier molecular flexibility index (Phi) is 6.71. The van der Waals surface area contributed by atoms with Gasteiger partial charge in [-0.3, -0.25) is 4.79 Å². The highest BCUT2D eigenvalue weighted by atomic mass is 35.5. The van der Waals surface area contributed by atoms with Gasteiger partial charge >= 0.3 is 6.03 Å². The molecule has 0 unspecified atom stereocenters. The first kappa shape index (κ1) is 20.2. The first-order chi connectivity index (χ1) is 14.0. The zero-order valence-corrected chi connectivity index (χ0v) is 16.5. The molecule has 0 spiro atoms. The van der Waals surface area contributed by atoms with Crippen LogP contribution in [0.1, 0.15) is 17.3 Å². The fourth-order valence-electron chi connectivity index (χ4n) is 2.61. The number of urea groups is 1. The Balaban J connectivity index is 1.68. The van der Waals surface area contributed by atoms with E-state index in [1.807, 2.05) is 6.92 Å². The van der Waals surface area contributed by atoms with Crippen molar-refractivity contribution in [3.05, 3.63) is 83.4 Å². The van der Waals surface area contributed by atoms with Gasteiger partial charge in [-0.25, -0.2) is 4.79 Å². The molecule has 0 aromatic heterocycles. The number of para-hydroxylation sites is 1. The fourth-order valence-corrected chi connectivity index (χ4v) is 2.73. The van der Waals surface area contributed by atoms with E-state index in [0.29, 0.717) is 34.3 Å². The van der Waals surface area contributed by atoms with Crippen LogP contribution in [0.4, 0.5) is 21.9 Å². The molecule has 0 radical (unpaired) electrons. The van der Waals surface area contributed by atoms with Gasteiger partial charge in [-0.15, -0.1) is 0 Å². The number of halogens is 1. The number of anilines is 3. The van der Waals surface area contributed by atoms with Gasteiger partial charge in [0.25, 0.3) is 5.91 Å². The summed E-state index contributed by atoms with van der Waals surface area (Å²) in [6.07, 6.45) is 0. The quantitative estimate of drug-likeness (QED) is 0.493. The van der Waals surface area contributed by atoms with Gasteiger partial charge in [0.05, 0.1) is 17.9 Å². The number of carbonyl (C=O) groups excluding carboxylic acids is 2. The third kappa shape index (κ3) is 5.73. The lowest BCUT2D eigenvalue weighted by Crippen LogP contribution is -2.22. The van der Waals surface area contributed by atoms with Crippen LogP contribution in [0.15, 0.2) is 72.8 Å². The Bertz CT molecular complexity index is 989. The second-order valence-corrected chi connectivity index (χ2v) is 6.48. The number of ether oxygens (including phenoxy) is 1. The summed E-state index contributed by atoms with van der Waals surface area (Å²) in [7, 11) is 0. The van der Waals surface area contributed by atoms with Gasteiger partial charge in [-0.1, -0.05) is 23.7 Å². The summed E-state index contributed by atoms with van der Waals surface area (Å²) >= 11 is 5.84. The average molecular weight is 410 g/mol. The number of amides is 3. The molecule has 3 rings (SSSR count). The van der Waals surface area contributed by atoms with E-state index in [0.717, 1.165) is 5.75 Å². The molecule has 29 heavy (non-hydrogen) atoms. The molecule has 7 heteroatoms. The molecule has 3 aromatic rings. The molecule has 3 aromatic carbocycles. The third-order valence-electron chi connectivity index (χ3n) is 3.95. The maximum absolute atomic E-state index is 12.7. The van der Waals surface area contributed by atoms with Gasteiger partial charge in [-0.05, 0) is 67.6 Å². The van der Waals surface area contributed by atoms with Gasteiger partial charge in [0.2, 0.25) is 0 Å². The van der Waals surface area contributed by atoms with E-state index in [1.165, 1.54) is 0 Å². The van der Waals surface area contributed by atoms with Crippen LogP contribution >= 0.6 is 11.6 Å². The Morgan fingerprint density at radius 2 is 1.45 bits per heavy atom. The van der Waals surface area contributed by atoms with Gasteiger partial charge in [-0.2, -0.15) is 0 Å². The average Bonchev–Trinajstić information content (AvgIpc) is 2.72. The lowest BCUT2D eigenvalue weighted by atomic mass is 10.1. The van der Waals surface area contributed by atoms with Crippen molar-refractivity contribution >= 4 is 40.6 Å². The highest BCUT2D eigenvalue weighted by molar-refractivity contribution is 6.30. The van der Waals surface area contributed by atoms with Crippen molar-refractivity contribution in [2.45, 2.75) is 6.92 Å². The van der Waals surface area contributed by atoms with Gasteiger partial charge in [0, 0.05) is 16.4 Å². The van der Waals surface area contributed by atoms with Crippen LogP contribution in [-0.2, 0) is 0 Å². The molecule has 3 N–H and O–H groups in total. The van der Waals surface area contributed by atoms with E-state index in [1.54, 1.807) is 72.8 Å². The lowest BCUT2D eigenvalue weighted by Gasteiger charge is -2.12. The summed E-state index contributed by atoms with van der Waals surface area (Å²) in [6.45, 7) is 2.48. The smallest absolute Gasteiger partial charge is 0.323 e. The molecule has 0 heterocycles. The molecular weight excluding hydrogens is 390 g/mol. The van der Waals surface area contributed by atoms with Crippen molar-refractivity contribution in [2.24, 2.45) is 0 Å². The van der Waals surface area contributed by atoms with Crippen LogP contribution in [-0.4, -0.2) is 18.5 Å². The fraction of sp³-hybridized carbons (Fsp3) is 0.0909. The van der Waals surface area contributed by atoms with Crippen molar-refractivity contribution in [1.29, 1.82) is 0 Å². The van der Waals surface area contributed by atoms with E-state index >= 15 is 0 Å². The molecule has 0 fully saturated rings. The topological polar surface area (TPSA) is 79.5 Å². The Morgan fingerprint density at radius 3 is 2.14 bits per heavy atom. The normalized spacial score (nSPS) is 10.1. The highest BCUT2D eigenvalue weighted by Crippen LogP contribution is 2.20. The molecule has 0 atom stereocenters. The summed E-state index contributed by atoms with van der Waals surface area (Å²) < 4.78 is 5.39. The minimum absolute atomic E-state index is 0.337. The zero-order chi connectivity index (χ0) is 20.6. The van der Waals surface area contributed by atoms with Crippen LogP contribution in [0, 0.1) is 0 Å². The highest BCUT2D eigenvalue weighted by Gasteiger charge is 2.13. The minimum atomic E-state index is -0.464. The van der Waals surface area contributed by atoms with Crippen molar-refractivity contribution < 1.29 is 14.3 Å². The summed E-state index contributed by atoms with van der Waals surface area (Å²) in [5.74, 6) is 0.392. The van der Waals surface area contributed by atoms with E-state index < -0.39 is 6.03 Å². The number of benzene rings is 3. The van der Waals surface area contributed by atoms with E-state index in [9.17, 15) is 9.59 Å². The van der Waals surface area contributed by atoms with Crippen LogP contribution in [0.25, 0.3) is 0 Å². The van der Waals surface area contributed by atoms with Crippen molar-refractivity contribution in [3.63, 3.8) is 0 Å². The Labute approximate surface area is 173 Å². The molecule has 0 bridgehead atoms. The van der Waals surface area contributed by atoms with Crippen LogP contribution in [0.3, 0.4) is 0 Å². The molecule has 0 aliphatic heterocycles. The first-order valence-electron chi connectivity index (χ1n) is 9.02. The molecule has 6 nitrogen and oxygen atoms in total. The SMILES string of the molecule is CCOc1ccc(NC(=O)c2ccccc2NC(=O)Nc2ccc(Cl)cc2)cc1. The molecule has 0 saturated heterocycles. The lowest BCUT2D eigenvalue weighted by molar-refractivity contribution is 0.102. The molecule has 3 amide bonds. The minimum Gasteiger partial charge on any atom is -0.494 e. The van der Waals surface area contributed by atoms with Crippen LogP contribution in [0.5, 0.6) is 5.75 Å². The van der Waals surface area contributed by atoms with Crippen molar-refractivity contribution in [1.82, 2.24) is 0 Å². The first-order valence-corrected chi connectivity index (χ1v) is 9.40. The predicted molar refractivity (Wildman–Crippen MR) is 116 cm³/mol. The molecule has 0 aliphatic carbocycles. The van der Waals surface area contributed by atoms with Gasteiger partial charge in [0.1, 0.15) is 5.75 Å². The molecular formula is C22H20ClN3O3. The number of hydrogen-bond acceptors (Lipinski definition) is 3. The standard InChI is InChI=1S/C22H20ClN3O3/c1-2-29-18-13-11-16(12-14-18)24-21(27)19-5-3-4-6-20(19)26-22(28)25-17-9-7-15(23)8-10-17/h3-14H,2H2,1H3,(H,24,27)(H2,25,26,28). The summed E-state index contributed by atoms with van der Waals surface area (Å²) in [6, 6.07) is 20.1. The van der Waals surface area contributed by atoms with E-state index in [2.05, 4.69) is 16.0 Å². The summed E-state index contributed by atoms with van der Waals surface area (Å²) in [5, 5.41) is 8.79. The maximum Gasteiger partial charge on any atom is 0.323 e. The van der Waals surface area contributed by atoms with E-state index in [4.69, 9.17) is 16.3 Å². The Hall–Kier alpha value is -3.51. The summed E-state index contributed by atoms with van der Waals surface area (Å²) in [4.78, 5) is 25.0. The van der Waals surface area contributed by atoms with Gasteiger partial charge < -0.3 is 20.7 Å². The number of nitrogens with one attached hydrogen (secondary N) is 3. The number of hydrogen-bond donors (Lipinski definition) is 3. The second kappa shape index (κ2) is 9.61. The van der Waals surface area contributed by atoms with Gasteiger partial charge in [0.15, 0.2) is 0 Å². The monoisotopic (exact) mass is 409 g/mol. The van der Waals surface area contributed by atoms with Crippen molar-refractivity contribution in [3.8, 4) is 5.75 Å². The molecule has 0 aliphatic rings. The maximum atomic E-state index is 12.7. The van der Waals surface area contributed by atoms with Crippen molar-refractivity contribution in [2.75, 3.05) is 22.6 Å². The molecule has 148 valence electrons. The zero-order valence-electron chi connectivity index (χ0n) is 15.7. The molecule has 0 saturated carbocycles. The van der Waals surface area contributed by atoms with Crippen LogP contribution < -0.4 is 20.7 Å². The number of rotatable bonds is 6. The third-order valence-corrected chi connectivity index (χ3v) is 4.20. The predicted octanol–water partition coefficient (Wildman–Crippen LogP) is 5.64. The summed E-state index contributed by atoms with van der Waals surface area (Å²) in [5.41, 5.74) is 1.94. The van der Waals surface area contributed by atoms with Crippen LogP contribution in [0.2, 0.25) is 5.02 Å². The number of carbonyl (C=O) groups is 2. The second-order valence-electron chi connectivity index (χ2n) is 6.04. The Morgan fingerprint density at radius 1 is 0.828 bits per heavy atom. The van der Waals surface area contributed by atoms with E-state index in [-0.39, 0.29) is 5.91 Å².